The Bertz CT molecular complexity index is 105. The number of rotatable bonds is 2. The van der Waals surface area contributed by atoms with Crippen LogP contribution in [0.5, 0.6) is 0 Å². The van der Waals surface area contributed by atoms with Crippen molar-refractivity contribution in [3.8, 4) is 0 Å². The summed E-state index contributed by atoms with van der Waals surface area (Å²) in [5.74, 6) is 0.773. The number of hydrogen-bond donors (Lipinski definition) is 0. The second-order valence-electron chi connectivity index (χ2n) is 2.99. The summed E-state index contributed by atoms with van der Waals surface area (Å²) in [4.78, 5) is 0. The Kier molecular flexibility index (Phi) is 3.60. The van der Waals surface area contributed by atoms with E-state index >= 15 is 0 Å². The second kappa shape index (κ2) is 3.71. The monoisotopic (exact) mass is 126 g/mol. The molecule has 0 aliphatic carbocycles. The van der Waals surface area contributed by atoms with Gasteiger partial charge in [-0.05, 0) is 33.1 Å². The third-order valence-electron chi connectivity index (χ3n) is 2.14. The van der Waals surface area contributed by atoms with Gasteiger partial charge in [0.25, 0.3) is 0 Å². The molecule has 9 heavy (non-hydrogen) atoms. The molecule has 0 amide bonds. The summed E-state index contributed by atoms with van der Waals surface area (Å²) < 4.78 is 0. The van der Waals surface area contributed by atoms with Gasteiger partial charge < -0.3 is 0 Å². The smallest absolute Gasteiger partial charge is 0.0235 e. The van der Waals surface area contributed by atoms with Gasteiger partial charge in [0, 0.05) is 0 Å². The minimum atomic E-state index is 0.773. The maximum absolute atomic E-state index is 2.28. The summed E-state index contributed by atoms with van der Waals surface area (Å²) in [5, 5.41) is 0. The molecule has 0 radical (unpaired) electrons. The zero-order chi connectivity index (χ0) is 7.44. The van der Waals surface area contributed by atoms with E-state index in [4.69, 9.17) is 0 Å². The van der Waals surface area contributed by atoms with E-state index in [9.17, 15) is 0 Å². The van der Waals surface area contributed by atoms with Crippen molar-refractivity contribution in [2.45, 2.75) is 41.0 Å². The summed E-state index contributed by atoms with van der Waals surface area (Å²) in [7, 11) is 0. The quantitative estimate of drug-likeness (QED) is 0.497. The number of hydrogen-bond acceptors (Lipinski definition) is 0. The summed E-state index contributed by atoms with van der Waals surface area (Å²) in [6, 6.07) is 0. The van der Waals surface area contributed by atoms with Crippen LogP contribution in [0.4, 0.5) is 0 Å². The van der Waals surface area contributed by atoms with Crippen LogP contribution in [0.25, 0.3) is 0 Å². The van der Waals surface area contributed by atoms with Crippen molar-refractivity contribution >= 4 is 0 Å². The van der Waals surface area contributed by atoms with Gasteiger partial charge >= 0.3 is 0 Å². The lowest BCUT2D eigenvalue weighted by Gasteiger charge is -2.10. The van der Waals surface area contributed by atoms with Gasteiger partial charge in [-0.25, -0.2) is 0 Å². The van der Waals surface area contributed by atoms with Crippen LogP contribution in [0.15, 0.2) is 11.1 Å². The molecule has 0 aromatic carbocycles. The zero-order valence-corrected chi connectivity index (χ0v) is 7.28. The van der Waals surface area contributed by atoms with Crippen LogP contribution < -0.4 is 0 Å². The van der Waals surface area contributed by atoms with Crippen LogP contribution in [-0.4, -0.2) is 0 Å². The molecule has 0 N–H and O–H groups in total. The van der Waals surface area contributed by atoms with Crippen LogP contribution in [0.2, 0.25) is 0 Å². The van der Waals surface area contributed by atoms with Gasteiger partial charge in [0.2, 0.25) is 0 Å². The lowest BCUT2D eigenvalue weighted by molar-refractivity contribution is 0.648. The topological polar surface area (TPSA) is 0 Å². The molecule has 0 nitrogen and oxygen atoms in total. The van der Waals surface area contributed by atoms with Gasteiger partial charge in [-0.15, -0.1) is 0 Å². The highest BCUT2D eigenvalue weighted by Gasteiger charge is 2.00. The SMILES string of the molecule is CCC(C)C(C)=C(C)C. The van der Waals surface area contributed by atoms with Crippen molar-refractivity contribution in [2.75, 3.05) is 0 Å². The van der Waals surface area contributed by atoms with Gasteiger partial charge in [0.15, 0.2) is 0 Å². The fraction of sp³-hybridized carbons (Fsp3) is 0.778. The van der Waals surface area contributed by atoms with Crippen LogP contribution in [0, 0.1) is 5.92 Å². The van der Waals surface area contributed by atoms with Crippen molar-refractivity contribution < 1.29 is 0 Å². The highest BCUT2D eigenvalue weighted by atomic mass is 14.1. The van der Waals surface area contributed by atoms with E-state index in [1.54, 1.807) is 5.57 Å². The molecule has 0 aliphatic rings. The molecule has 0 heterocycles. The molecular formula is C9H18. The van der Waals surface area contributed by atoms with Crippen LogP contribution >= 0.6 is 0 Å². The van der Waals surface area contributed by atoms with E-state index in [1.165, 1.54) is 12.0 Å². The highest BCUT2D eigenvalue weighted by molar-refractivity contribution is 5.09. The van der Waals surface area contributed by atoms with E-state index in [0.717, 1.165) is 5.92 Å². The lowest BCUT2D eigenvalue weighted by Crippen LogP contribution is -1.94. The predicted octanol–water partition coefficient (Wildman–Crippen LogP) is 3.39. The lowest BCUT2D eigenvalue weighted by atomic mass is 9.97. The molecule has 0 rings (SSSR count). The van der Waals surface area contributed by atoms with Crippen LogP contribution in [0.3, 0.4) is 0 Å². The standard InChI is InChI=1S/C9H18/c1-6-8(4)9(5)7(2)3/h8H,6H2,1-5H3. The predicted molar refractivity (Wildman–Crippen MR) is 43.5 cm³/mol. The first kappa shape index (κ1) is 8.74. The van der Waals surface area contributed by atoms with Gasteiger partial charge in [0.1, 0.15) is 0 Å². The maximum atomic E-state index is 2.28. The largest absolute Gasteiger partial charge is 0.0772 e. The van der Waals surface area contributed by atoms with Crippen molar-refractivity contribution in [1.29, 1.82) is 0 Å². The van der Waals surface area contributed by atoms with Gasteiger partial charge in [-0.1, -0.05) is 25.0 Å². The Balaban J connectivity index is 4.02. The molecule has 54 valence electrons. The summed E-state index contributed by atoms with van der Waals surface area (Å²) in [6.07, 6.45) is 1.26. The zero-order valence-electron chi connectivity index (χ0n) is 7.28. The fourth-order valence-corrected chi connectivity index (χ4v) is 0.799. The van der Waals surface area contributed by atoms with Crippen molar-refractivity contribution in [2.24, 2.45) is 5.92 Å². The first-order chi connectivity index (χ1) is 4.09. The molecule has 0 saturated carbocycles. The van der Waals surface area contributed by atoms with Gasteiger partial charge in [-0.2, -0.15) is 0 Å². The van der Waals surface area contributed by atoms with E-state index in [0.29, 0.717) is 0 Å². The molecule has 1 atom stereocenters. The van der Waals surface area contributed by atoms with E-state index in [1.807, 2.05) is 0 Å². The van der Waals surface area contributed by atoms with Crippen molar-refractivity contribution in [1.82, 2.24) is 0 Å². The van der Waals surface area contributed by atoms with Gasteiger partial charge in [0.05, 0.1) is 0 Å². The summed E-state index contributed by atoms with van der Waals surface area (Å²) >= 11 is 0. The molecule has 0 saturated heterocycles. The minimum absolute atomic E-state index is 0.773. The Morgan fingerprint density at radius 1 is 1.22 bits per heavy atom. The minimum Gasteiger partial charge on any atom is -0.0772 e. The molecule has 0 fully saturated rings. The third kappa shape index (κ3) is 2.69. The number of allylic oxidation sites excluding steroid dienone is 2. The first-order valence-corrected chi connectivity index (χ1v) is 3.73. The molecule has 0 heteroatoms. The van der Waals surface area contributed by atoms with E-state index in [-0.39, 0.29) is 0 Å². The van der Waals surface area contributed by atoms with Gasteiger partial charge in [-0.3, -0.25) is 0 Å². The normalized spacial score (nSPS) is 13.0. The average Bonchev–Trinajstić information content (AvgIpc) is 1.84. The van der Waals surface area contributed by atoms with Crippen molar-refractivity contribution in [3.05, 3.63) is 11.1 Å². The highest BCUT2D eigenvalue weighted by Crippen LogP contribution is 2.16. The molecule has 0 aliphatic heterocycles. The molecular weight excluding hydrogens is 108 g/mol. The maximum Gasteiger partial charge on any atom is -0.0235 e. The van der Waals surface area contributed by atoms with Crippen molar-refractivity contribution in [3.63, 3.8) is 0 Å². The summed E-state index contributed by atoms with van der Waals surface area (Å²) in [6.45, 7) is 11.1. The Morgan fingerprint density at radius 3 is 1.78 bits per heavy atom. The van der Waals surface area contributed by atoms with E-state index in [2.05, 4.69) is 34.6 Å². The molecule has 0 aromatic rings. The second-order valence-corrected chi connectivity index (χ2v) is 2.99. The first-order valence-electron chi connectivity index (χ1n) is 3.73. The fourth-order valence-electron chi connectivity index (χ4n) is 0.799. The Morgan fingerprint density at radius 2 is 1.67 bits per heavy atom. The molecule has 0 spiro atoms. The Hall–Kier alpha value is -0.260. The van der Waals surface area contributed by atoms with Crippen LogP contribution in [0.1, 0.15) is 41.0 Å². The average molecular weight is 126 g/mol. The molecule has 1 unspecified atom stereocenters. The van der Waals surface area contributed by atoms with E-state index < -0.39 is 0 Å². The molecule has 0 bridgehead atoms. The van der Waals surface area contributed by atoms with Crippen LogP contribution in [-0.2, 0) is 0 Å². The third-order valence-corrected chi connectivity index (χ3v) is 2.14. The molecule has 0 aromatic heterocycles. The Labute approximate surface area is 59.0 Å². The summed E-state index contributed by atoms with van der Waals surface area (Å²) in [5.41, 5.74) is 3.03.